The maximum absolute atomic E-state index is 12.8. The van der Waals surface area contributed by atoms with E-state index >= 15 is 0 Å². The zero-order chi connectivity index (χ0) is 20.6. The molecule has 0 aliphatic rings. The van der Waals surface area contributed by atoms with Crippen molar-refractivity contribution in [3.05, 3.63) is 69.0 Å². The highest BCUT2D eigenvalue weighted by molar-refractivity contribution is 7.94. The van der Waals surface area contributed by atoms with E-state index in [2.05, 4.69) is 20.0 Å². The molecule has 0 radical (unpaired) electrons. The Bertz CT molecular complexity index is 1330. The lowest BCUT2D eigenvalue weighted by atomic mass is 10.3. The molecule has 0 spiro atoms. The van der Waals surface area contributed by atoms with Crippen LogP contribution in [0.15, 0.2) is 58.8 Å². The molecule has 2 aromatic heterocycles. The molecule has 4 rings (SSSR count). The first kappa shape index (κ1) is 20.2. The quantitative estimate of drug-likeness (QED) is 0.352. The van der Waals surface area contributed by atoms with Gasteiger partial charge in [0.2, 0.25) is 0 Å². The fourth-order valence-electron chi connectivity index (χ4n) is 2.50. The van der Waals surface area contributed by atoms with Crippen LogP contribution in [0.25, 0.3) is 11.0 Å². The molecular weight excluding hydrogens is 475 g/mol. The topological polar surface area (TPSA) is 84.0 Å². The Labute approximate surface area is 185 Å². The van der Waals surface area contributed by atoms with Crippen LogP contribution in [-0.4, -0.2) is 18.4 Å². The lowest BCUT2D eigenvalue weighted by Gasteiger charge is -2.14. The smallest absolute Gasteiger partial charge is 0.272 e. The van der Waals surface area contributed by atoms with Gasteiger partial charge in [-0.05, 0) is 42.5 Å². The summed E-state index contributed by atoms with van der Waals surface area (Å²) in [6, 6.07) is 14.9. The van der Waals surface area contributed by atoms with Gasteiger partial charge in [-0.3, -0.25) is 4.72 Å². The SMILES string of the molecule is O=S(=O)(Nc1nc2ccccc2nc1Nc1ccc(Cl)cc1Cl)c1ccc(Cl)s1. The molecule has 2 N–H and O–H groups in total. The monoisotopic (exact) mass is 484 g/mol. The van der Waals surface area contributed by atoms with Gasteiger partial charge in [0.15, 0.2) is 11.6 Å². The third kappa shape index (κ3) is 4.41. The fourth-order valence-corrected chi connectivity index (χ4v) is 5.44. The number of nitrogens with zero attached hydrogens (tertiary/aromatic N) is 2. The number of para-hydroxylation sites is 2. The van der Waals surface area contributed by atoms with Crippen LogP contribution in [0.3, 0.4) is 0 Å². The van der Waals surface area contributed by atoms with Crippen LogP contribution in [0.1, 0.15) is 0 Å². The van der Waals surface area contributed by atoms with Gasteiger partial charge in [-0.2, -0.15) is 0 Å². The van der Waals surface area contributed by atoms with Crippen LogP contribution in [0.4, 0.5) is 17.3 Å². The largest absolute Gasteiger partial charge is 0.336 e. The van der Waals surface area contributed by atoms with E-state index in [4.69, 9.17) is 34.8 Å². The number of anilines is 3. The standard InChI is InChI=1S/C18H11Cl3N4O2S2/c19-10-5-6-12(11(20)9-10)22-17-18(24-14-4-2-1-3-13(14)23-17)25-29(26,27)16-8-7-15(21)28-16/h1-9H,(H,22,23)(H,24,25). The van der Waals surface area contributed by atoms with Gasteiger partial charge in [-0.15, -0.1) is 11.3 Å². The van der Waals surface area contributed by atoms with Crippen molar-refractivity contribution in [3.8, 4) is 0 Å². The van der Waals surface area contributed by atoms with E-state index < -0.39 is 10.0 Å². The molecule has 11 heteroatoms. The minimum absolute atomic E-state index is 0.0271. The van der Waals surface area contributed by atoms with Crippen LogP contribution >= 0.6 is 46.1 Å². The Morgan fingerprint density at radius 1 is 0.862 bits per heavy atom. The maximum Gasteiger partial charge on any atom is 0.272 e. The van der Waals surface area contributed by atoms with Crippen LogP contribution in [0, 0.1) is 0 Å². The molecular formula is C18H11Cl3N4O2S2. The number of halogens is 3. The first-order chi connectivity index (χ1) is 13.8. The summed E-state index contributed by atoms with van der Waals surface area (Å²) in [5.74, 6) is 0.221. The van der Waals surface area contributed by atoms with E-state index in [1.807, 2.05) is 6.07 Å². The molecule has 0 aliphatic heterocycles. The van der Waals surface area contributed by atoms with E-state index in [-0.39, 0.29) is 15.8 Å². The Morgan fingerprint density at radius 2 is 1.55 bits per heavy atom. The highest BCUT2D eigenvalue weighted by Gasteiger charge is 2.21. The fraction of sp³-hybridized carbons (Fsp3) is 0. The van der Waals surface area contributed by atoms with Crippen molar-refractivity contribution in [3.63, 3.8) is 0 Å². The molecule has 0 saturated heterocycles. The van der Waals surface area contributed by atoms with E-state index in [0.717, 1.165) is 11.3 Å². The zero-order valence-electron chi connectivity index (χ0n) is 14.4. The predicted octanol–water partition coefficient (Wildman–Crippen LogP) is 6.20. The minimum atomic E-state index is -3.91. The number of fused-ring (bicyclic) bond motifs is 1. The second kappa shape index (κ2) is 7.97. The first-order valence-electron chi connectivity index (χ1n) is 8.09. The van der Waals surface area contributed by atoms with Gasteiger partial charge in [0, 0.05) is 5.02 Å². The van der Waals surface area contributed by atoms with Gasteiger partial charge in [-0.1, -0.05) is 46.9 Å². The van der Waals surface area contributed by atoms with Crippen molar-refractivity contribution in [1.29, 1.82) is 0 Å². The molecule has 4 aromatic rings. The number of aromatic nitrogens is 2. The van der Waals surface area contributed by atoms with Crippen molar-refractivity contribution in [2.24, 2.45) is 0 Å². The molecule has 148 valence electrons. The van der Waals surface area contributed by atoms with E-state index in [1.165, 1.54) is 12.1 Å². The van der Waals surface area contributed by atoms with Gasteiger partial charge in [0.1, 0.15) is 4.21 Å². The highest BCUT2D eigenvalue weighted by atomic mass is 35.5. The molecule has 2 heterocycles. The number of thiophene rings is 1. The number of sulfonamides is 1. The molecule has 0 bridgehead atoms. The van der Waals surface area contributed by atoms with Gasteiger partial charge in [-0.25, -0.2) is 18.4 Å². The molecule has 6 nitrogen and oxygen atoms in total. The highest BCUT2D eigenvalue weighted by Crippen LogP contribution is 2.33. The Balaban J connectivity index is 1.80. The van der Waals surface area contributed by atoms with Crippen LogP contribution in [0.2, 0.25) is 14.4 Å². The number of benzene rings is 2. The molecule has 0 fully saturated rings. The van der Waals surface area contributed by atoms with Gasteiger partial charge in [0.05, 0.1) is 26.1 Å². The van der Waals surface area contributed by atoms with Gasteiger partial charge in [0.25, 0.3) is 10.0 Å². The van der Waals surface area contributed by atoms with E-state index in [0.29, 0.717) is 31.1 Å². The summed E-state index contributed by atoms with van der Waals surface area (Å²) < 4.78 is 28.4. The molecule has 0 amide bonds. The molecule has 0 unspecified atom stereocenters. The number of hydrogen-bond acceptors (Lipinski definition) is 6. The van der Waals surface area contributed by atoms with Crippen LogP contribution < -0.4 is 10.0 Å². The second-order valence-corrected chi connectivity index (χ2v) is 10.3. The van der Waals surface area contributed by atoms with Gasteiger partial charge >= 0.3 is 0 Å². The Kier molecular flexibility index (Phi) is 5.54. The van der Waals surface area contributed by atoms with Crippen molar-refractivity contribution in [2.45, 2.75) is 4.21 Å². The normalized spacial score (nSPS) is 11.6. The predicted molar refractivity (Wildman–Crippen MR) is 119 cm³/mol. The lowest BCUT2D eigenvalue weighted by Crippen LogP contribution is -2.15. The van der Waals surface area contributed by atoms with Crippen LogP contribution in [-0.2, 0) is 10.0 Å². The van der Waals surface area contributed by atoms with E-state index in [9.17, 15) is 8.42 Å². The molecule has 0 saturated carbocycles. The van der Waals surface area contributed by atoms with E-state index in [1.54, 1.807) is 36.4 Å². The minimum Gasteiger partial charge on any atom is -0.336 e. The van der Waals surface area contributed by atoms with Crippen LogP contribution in [0.5, 0.6) is 0 Å². The van der Waals surface area contributed by atoms with Crippen molar-refractivity contribution >= 4 is 84.5 Å². The summed E-state index contributed by atoms with van der Waals surface area (Å²) in [4.78, 5) is 8.93. The average Bonchev–Trinajstić information content (AvgIpc) is 3.11. The molecule has 2 aromatic carbocycles. The lowest BCUT2D eigenvalue weighted by molar-refractivity contribution is 0.603. The maximum atomic E-state index is 12.8. The number of hydrogen-bond donors (Lipinski definition) is 2. The first-order valence-corrected chi connectivity index (χ1v) is 11.5. The summed E-state index contributed by atoms with van der Waals surface area (Å²) in [5, 5.41) is 3.85. The summed E-state index contributed by atoms with van der Waals surface area (Å²) in [7, 11) is -3.91. The summed E-state index contributed by atoms with van der Waals surface area (Å²) in [6.07, 6.45) is 0. The summed E-state index contributed by atoms with van der Waals surface area (Å²) in [5.41, 5.74) is 1.62. The van der Waals surface area contributed by atoms with Crippen molar-refractivity contribution in [2.75, 3.05) is 10.0 Å². The van der Waals surface area contributed by atoms with Crippen molar-refractivity contribution < 1.29 is 8.42 Å². The van der Waals surface area contributed by atoms with Crippen molar-refractivity contribution in [1.82, 2.24) is 9.97 Å². The number of nitrogens with one attached hydrogen (secondary N) is 2. The average molecular weight is 486 g/mol. The third-order valence-corrected chi connectivity index (χ3v) is 7.41. The van der Waals surface area contributed by atoms with Gasteiger partial charge < -0.3 is 5.32 Å². The molecule has 0 aliphatic carbocycles. The summed E-state index contributed by atoms with van der Waals surface area (Å²) in [6.45, 7) is 0. The number of rotatable bonds is 5. The summed E-state index contributed by atoms with van der Waals surface area (Å²) >= 11 is 19.0. The molecule has 29 heavy (non-hydrogen) atoms. The third-order valence-electron chi connectivity index (χ3n) is 3.80. The second-order valence-electron chi connectivity index (χ2n) is 5.82. The molecule has 0 atom stereocenters. The zero-order valence-corrected chi connectivity index (χ0v) is 18.3. The Morgan fingerprint density at radius 3 is 2.17 bits per heavy atom. The Hall–Kier alpha value is -2.10.